The average molecular weight is 358 g/mol. The van der Waals surface area contributed by atoms with Crippen molar-refractivity contribution < 1.29 is 9.32 Å². The summed E-state index contributed by atoms with van der Waals surface area (Å²) in [5, 5.41) is 7.03. The molecule has 1 aromatic carbocycles. The Labute approximate surface area is 155 Å². The van der Waals surface area contributed by atoms with E-state index in [2.05, 4.69) is 41.4 Å². The minimum atomic E-state index is -0.407. The molecule has 2 rings (SSSR count). The number of hydrogen-bond donors (Lipinski definition) is 2. The van der Waals surface area contributed by atoms with Crippen LogP contribution in [0, 0.1) is 5.92 Å². The molecule has 142 valence electrons. The Morgan fingerprint density at radius 1 is 1.23 bits per heavy atom. The van der Waals surface area contributed by atoms with Crippen molar-refractivity contribution in [3.05, 3.63) is 35.7 Å². The molecule has 1 aromatic heterocycles. The molecular weight excluding hydrogens is 328 g/mol. The van der Waals surface area contributed by atoms with E-state index in [0.29, 0.717) is 30.6 Å². The summed E-state index contributed by atoms with van der Waals surface area (Å²) in [5.41, 5.74) is 7.57. The lowest BCUT2D eigenvalue weighted by atomic mass is 9.88. The van der Waals surface area contributed by atoms with Crippen LogP contribution in [0.3, 0.4) is 0 Å². The predicted molar refractivity (Wildman–Crippen MR) is 103 cm³/mol. The van der Waals surface area contributed by atoms with Crippen LogP contribution in [0.15, 0.2) is 28.8 Å². The van der Waals surface area contributed by atoms with E-state index in [1.54, 1.807) is 0 Å². The Balaban J connectivity index is 1.95. The highest BCUT2D eigenvalue weighted by atomic mass is 16.5. The van der Waals surface area contributed by atoms with Gasteiger partial charge < -0.3 is 15.6 Å². The summed E-state index contributed by atoms with van der Waals surface area (Å²) < 4.78 is 5.29. The van der Waals surface area contributed by atoms with Gasteiger partial charge in [-0.25, -0.2) is 0 Å². The second-order valence-electron chi connectivity index (χ2n) is 7.61. The van der Waals surface area contributed by atoms with Crippen LogP contribution in [0.1, 0.15) is 58.4 Å². The SMILES string of the molecule is CC(C)c1ccc(-c2noc(CCC(=O)NC(C)(CN)C(C)C)n2)cc1. The fourth-order valence-electron chi connectivity index (χ4n) is 2.52. The second-order valence-corrected chi connectivity index (χ2v) is 7.61. The van der Waals surface area contributed by atoms with E-state index in [4.69, 9.17) is 10.3 Å². The molecule has 0 saturated carbocycles. The van der Waals surface area contributed by atoms with Crippen molar-refractivity contribution >= 4 is 5.91 Å². The Bertz CT molecular complexity index is 722. The molecule has 1 heterocycles. The first-order valence-electron chi connectivity index (χ1n) is 9.19. The third-order valence-corrected chi connectivity index (χ3v) is 4.99. The maximum Gasteiger partial charge on any atom is 0.227 e. The molecule has 2 aromatic rings. The highest BCUT2D eigenvalue weighted by Gasteiger charge is 2.28. The summed E-state index contributed by atoms with van der Waals surface area (Å²) >= 11 is 0. The van der Waals surface area contributed by atoms with Crippen molar-refractivity contribution in [3.63, 3.8) is 0 Å². The Morgan fingerprint density at radius 2 is 1.88 bits per heavy atom. The normalized spacial score (nSPS) is 13.8. The summed E-state index contributed by atoms with van der Waals surface area (Å²) in [5.74, 6) is 1.67. The maximum absolute atomic E-state index is 12.2. The average Bonchev–Trinajstić information content (AvgIpc) is 3.08. The molecule has 1 unspecified atom stereocenters. The van der Waals surface area contributed by atoms with Crippen LogP contribution >= 0.6 is 0 Å². The molecule has 0 spiro atoms. The minimum absolute atomic E-state index is 0.0623. The number of rotatable bonds is 8. The third-order valence-electron chi connectivity index (χ3n) is 4.99. The van der Waals surface area contributed by atoms with Crippen LogP contribution in [0.4, 0.5) is 0 Å². The first kappa shape index (κ1) is 20.1. The third kappa shape index (κ3) is 4.91. The largest absolute Gasteiger partial charge is 0.349 e. The Hall–Kier alpha value is -2.21. The predicted octanol–water partition coefficient (Wildman–Crippen LogP) is 3.28. The fraction of sp³-hybridized carbons (Fsp3) is 0.550. The second kappa shape index (κ2) is 8.45. The summed E-state index contributed by atoms with van der Waals surface area (Å²) in [6.07, 6.45) is 0.692. The van der Waals surface area contributed by atoms with Gasteiger partial charge in [0.05, 0.1) is 5.54 Å². The highest BCUT2D eigenvalue weighted by molar-refractivity contribution is 5.77. The Morgan fingerprint density at radius 3 is 2.42 bits per heavy atom. The minimum Gasteiger partial charge on any atom is -0.349 e. The van der Waals surface area contributed by atoms with E-state index < -0.39 is 5.54 Å². The van der Waals surface area contributed by atoms with E-state index in [-0.39, 0.29) is 18.2 Å². The van der Waals surface area contributed by atoms with E-state index in [1.807, 2.05) is 32.9 Å². The summed E-state index contributed by atoms with van der Waals surface area (Å²) in [6.45, 7) is 10.8. The standard InChI is InChI=1S/C20H30N4O2/c1-13(2)15-6-8-16(9-7-15)19-22-18(26-24-19)11-10-17(25)23-20(5,12-21)14(3)4/h6-9,13-14H,10-12,21H2,1-5H3,(H,23,25). The summed E-state index contributed by atoms with van der Waals surface area (Å²) in [7, 11) is 0. The quantitative estimate of drug-likeness (QED) is 0.755. The zero-order valence-corrected chi connectivity index (χ0v) is 16.4. The van der Waals surface area contributed by atoms with Gasteiger partial charge in [0.15, 0.2) is 0 Å². The van der Waals surface area contributed by atoms with Crippen LogP contribution < -0.4 is 11.1 Å². The first-order valence-corrected chi connectivity index (χ1v) is 9.19. The molecule has 1 atom stereocenters. The smallest absolute Gasteiger partial charge is 0.227 e. The topological polar surface area (TPSA) is 94.0 Å². The molecule has 0 fully saturated rings. The van der Waals surface area contributed by atoms with Gasteiger partial charge in [0.1, 0.15) is 0 Å². The van der Waals surface area contributed by atoms with Crippen LogP contribution in [-0.4, -0.2) is 28.1 Å². The van der Waals surface area contributed by atoms with Crippen LogP contribution in [0.2, 0.25) is 0 Å². The first-order chi connectivity index (χ1) is 12.2. The van der Waals surface area contributed by atoms with Gasteiger partial charge in [-0.05, 0) is 24.3 Å². The number of carbonyl (C=O) groups excluding carboxylic acids is 1. The number of benzene rings is 1. The lowest BCUT2D eigenvalue weighted by Gasteiger charge is -2.33. The van der Waals surface area contributed by atoms with Crippen molar-refractivity contribution in [2.24, 2.45) is 11.7 Å². The molecule has 3 N–H and O–H groups in total. The van der Waals surface area contributed by atoms with Crippen LogP contribution in [0.25, 0.3) is 11.4 Å². The number of nitrogens with one attached hydrogen (secondary N) is 1. The molecule has 1 amide bonds. The zero-order valence-electron chi connectivity index (χ0n) is 16.4. The lowest BCUT2D eigenvalue weighted by molar-refractivity contribution is -0.123. The van der Waals surface area contributed by atoms with Gasteiger partial charge >= 0.3 is 0 Å². The molecule has 0 radical (unpaired) electrons. The van der Waals surface area contributed by atoms with Gasteiger partial charge in [-0.2, -0.15) is 4.98 Å². The highest BCUT2D eigenvalue weighted by Crippen LogP contribution is 2.21. The number of nitrogens with zero attached hydrogens (tertiary/aromatic N) is 2. The van der Waals surface area contributed by atoms with E-state index in [1.165, 1.54) is 5.56 Å². The van der Waals surface area contributed by atoms with E-state index >= 15 is 0 Å². The Kier molecular flexibility index (Phi) is 6.53. The van der Waals surface area contributed by atoms with Gasteiger partial charge in [-0.3, -0.25) is 4.79 Å². The van der Waals surface area contributed by atoms with E-state index in [9.17, 15) is 4.79 Å². The van der Waals surface area contributed by atoms with Crippen molar-refractivity contribution in [1.82, 2.24) is 15.5 Å². The molecule has 6 nitrogen and oxygen atoms in total. The van der Waals surface area contributed by atoms with Gasteiger partial charge in [0.2, 0.25) is 17.6 Å². The molecule has 6 heteroatoms. The molecular formula is C20H30N4O2. The van der Waals surface area contributed by atoms with E-state index in [0.717, 1.165) is 5.56 Å². The van der Waals surface area contributed by atoms with Crippen LogP contribution in [0.5, 0.6) is 0 Å². The molecule has 0 saturated heterocycles. The molecule has 26 heavy (non-hydrogen) atoms. The fourth-order valence-corrected chi connectivity index (χ4v) is 2.52. The number of aromatic nitrogens is 2. The number of aryl methyl sites for hydroxylation is 1. The van der Waals surface area contributed by atoms with Gasteiger partial charge in [-0.1, -0.05) is 57.1 Å². The molecule has 0 aliphatic rings. The summed E-state index contributed by atoms with van der Waals surface area (Å²) in [4.78, 5) is 16.6. The number of nitrogens with two attached hydrogens (primary N) is 1. The molecule has 0 aliphatic carbocycles. The van der Waals surface area contributed by atoms with Crippen molar-refractivity contribution in [3.8, 4) is 11.4 Å². The van der Waals surface area contributed by atoms with Crippen LogP contribution in [-0.2, 0) is 11.2 Å². The van der Waals surface area contributed by atoms with Crippen molar-refractivity contribution in [2.75, 3.05) is 6.54 Å². The van der Waals surface area contributed by atoms with Gasteiger partial charge in [-0.15, -0.1) is 0 Å². The number of amides is 1. The summed E-state index contributed by atoms with van der Waals surface area (Å²) in [6, 6.07) is 8.13. The molecule has 0 bridgehead atoms. The van der Waals surface area contributed by atoms with Gasteiger partial charge in [0.25, 0.3) is 0 Å². The lowest BCUT2D eigenvalue weighted by Crippen LogP contribution is -2.55. The maximum atomic E-state index is 12.2. The van der Waals surface area contributed by atoms with Crippen molar-refractivity contribution in [2.45, 2.75) is 58.9 Å². The number of carbonyl (C=O) groups is 1. The molecule has 0 aliphatic heterocycles. The number of hydrogen-bond acceptors (Lipinski definition) is 5. The zero-order chi connectivity index (χ0) is 19.3. The van der Waals surface area contributed by atoms with Crippen molar-refractivity contribution in [1.29, 1.82) is 0 Å². The van der Waals surface area contributed by atoms with Gasteiger partial charge in [0, 0.05) is 24.9 Å². The monoisotopic (exact) mass is 358 g/mol.